The highest BCUT2D eigenvalue weighted by molar-refractivity contribution is 5.83. The largest absolute Gasteiger partial charge is 0.354 e. The van der Waals surface area contributed by atoms with Gasteiger partial charge in [0.15, 0.2) is 0 Å². The molecule has 0 aliphatic carbocycles. The standard InChI is InChI=1S/C11H22N4O2/c1-2-11(4-3-5-13-8-11)9(16)14-6-7-15-10(12)17/h13H,2-8H2,1H3,(H,14,16)(H3,12,15,17). The van der Waals surface area contributed by atoms with Gasteiger partial charge in [0.1, 0.15) is 0 Å². The van der Waals surface area contributed by atoms with Crippen LogP contribution in [0.2, 0.25) is 0 Å². The highest BCUT2D eigenvalue weighted by Gasteiger charge is 2.37. The molecule has 0 radical (unpaired) electrons. The Kier molecular flexibility index (Phi) is 5.21. The molecular formula is C11H22N4O2. The molecule has 3 amide bonds. The first-order valence-corrected chi connectivity index (χ1v) is 6.13. The van der Waals surface area contributed by atoms with Crippen molar-refractivity contribution in [1.29, 1.82) is 0 Å². The molecule has 1 unspecified atom stereocenters. The summed E-state index contributed by atoms with van der Waals surface area (Å²) in [5.41, 5.74) is 4.64. The van der Waals surface area contributed by atoms with Gasteiger partial charge in [-0.15, -0.1) is 0 Å². The van der Waals surface area contributed by atoms with Crippen molar-refractivity contribution >= 4 is 11.9 Å². The molecule has 1 saturated heterocycles. The van der Waals surface area contributed by atoms with Gasteiger partial charge in [0, 0.05) is 19.6 Å². The fourth-order valence-corrected chi connectivity index (χ4v) is 2.17. The molecule has 1 aliphatic rings. The number of primary amides is 1. The number of nitrogens with two attached hydrogens (primary N) is 1. The van der Waals surface area contributed by atoms with E-state index in [1.165, 1.54) is 0 Å². The molecule has 0 aromatic heterocycles. The van der Waals surface area contributed by atoms with Crippen LogP contribution in [-0.4, -0.2) is 38.1 Å². The third-order valence-electron chi connectivity index (χ3n) is 3.34. The Balaban J connectivity index is 2.36. The maximum atomic E-state index is 12.1. The molecule has 0 aromatic rings. The second-order valence-corrected chi connectivity index (χ2v) is 4.46. The van der Waals surface area contributed by atoms with E-state index < -0.39 is 6.03 Å². The normalized spacial score (nSPS) is 24.1. The van der Waals surface area contributed by atoms with Crippen molar-refractivity contribution in [2.24, 2.45) is 11.1 Å². The molecule has 17 heavy (non-hydrogen) atoms. The molecule has 98 valence electrons. The number of carbonyl (C=O) groups excluding carboxylic acids is 2. The summed E-state index contributed by atoms with van der Waals surface area (Å²) in [7, 11) is 0. The monoisotopic (exact) mass is 242 g/mol. The molecule has 5 N–H and O–H groups in total. The zero-order valence-electron chi connectivity index (χ0n) is 10.3. The van der Waals surface area contributed by atoms with Gasteiger partial charge in [0.25, 0.3) is 0 Å². The average molecular weight is 242 g/mol. The Bertz CT molecular complexity index is 275. The first-order valence-electron chi connectivity index (χ1n) is 6.13. The predicted octanol–water partition coefficient (Wildman–Crippen LogP) is -0.449. The van der Waals surface area contributed by atoms with Gasteiger partial charge in [-0.3, -0.25) is 4.79 Å². The first kappa shape index (κ1) is 13.8. The van der Waals surface area contributed by atoms with Crippen LogP contribution in [-0.2, 0) is 4.79 Å². The van der Waals surface area contributed by atoms with E-state index in [0.29, 0.717) is 13.1 Å². The van der Waals surface area contributed by atoms with E-state index >= 15 is 0 Å². The summed E-state index contributed by atoms with van der Waals surface area (Å²) >= 11 is 0. The van der Waals surface area contributed by atoms with Gasteiger partial charge >= 0.3 is 6.03 Å². The highest BCUT2D eigenvalue weighted by Crippen LogP contribution is 2.29. The van der Waals surface area contributed by atoms with Crippen LogP contribution in [0.25, 0.3) is 0 Å². The maximum Gasteiger partial charge on any atom is 0.312 e. The lowest BCUT2D eigenvalue weighted by Crippen LogP contribution is -2.51. The zero-order chi connectivity index (χ0) is 12.7. The van der Waals surface area contributed by atoms with Gasteiger partial charge in [-0.1, -0.05) is 6.92 Å². The number of urea groups is 1. The highest BCUT2D eigenvalue weighted by atomic mass is 16.2. The number of rotatable bonds is 5. The van der Waals surface area contributed by atoms with Gasteiger partial charge in [-0.05, 0) is 25.8 Å². The number of carbonyl (C=O) groups is 2. The van der Waals surface area contributed by atoms with Crippen molar-refractivity contribution in [3.63, 3.8) is 0 Å². The smallest absolute Gasteiger partial charge is 0.312 e. The molecule has 0 saturated carbocycles. The van der Waals surface area contributed by atoms with Crippen molar-refractivity contribution < 1.29 is 9.59 Å². The van der Waals surface area contributed by atoms with Crippen LogP contribution in [0, 0.1) is 5.41 Å². The number of hydrogen-bond donors (Lipinski definition) is 4. The van der Waals surface area contributed by atoms with Gasteiger partial charge in [-0.25, -0.2) is 4.79 Å². The average Bonchev–Trinajstić information content (AvgIpc) is 2.35. The molecule has 1 fully saturated rings. The quantitative estimate of drug-likeness (QED) is 0.492. The summed E-state index contributed by atoms with van der Waals surface area (Å²) in [6, 6.07) is -0.566. The van der Waals surface area contributed by atoms with Gasteiger partial charge < -0.3 is 21.7 Å². The minimum absolute atomic E-state index is 0.0680. The fraction of sp³-hybridized carbons (Fsp3) is 0.818. The van der Waals surface area contributed by atoms with Crippen molar-refractivity contribution in [2.45, 2.75) is 26.2 Å². The van der Waals surface area contributed by atoms with Crippen LogP contribution in [0.1, 0.15) is 26.2 Å². The van der Waals surface area contributed by atoms with Crippen LogP contribution in [0.3, 0.4) is 0 Å². The number of hydrogen-bond acceptors (Lipinski definition) is 3. The molecule has 6 nitrogen and oxygen atoms in total. The number of piperidine rings is 1. The Hall–Kier alpha value is -1.30. The van der Waals surface area contributed by atoms with Crippen molar-refractivity contribution in [1.82, 2.24) is 16.0 Å². The molecule has 6 heteroatoms. The third kappa shape index (κ3) is 3.89. The molecule has 1 rings (SSSR count). The third-order valence-corrected chi connectivity index (χ3v) is 3.34. The van der Waals surface area contributed by atoms with E-state index in [1.54, 1.807) is 0 Å². The van der Waals surface area contributed by atoms with E-state index in [0.717, 1.165) is 32.4 Å². The summed E-state index contributed by atoms with van der Waals surface area (Å²) < 4.78 is 0. The molecule has 1 atom stereocenters. The van der Waals surface area contributed by atoms with Crippen LogP contribution in [0.5, 0.6) is 0 Å². The fourth-order valence-electron chi connectivity index (χ4n) is 2.17. The summed E-state index contributed by atoms with van der Waals surface area (Å²) in [6.07, 6.45) is 2.78. The molecule has 0 bridgehead atoms. The first-order chi connectivity index (χ1) is 8.10. The lowest BCUT2D eigenvalue weighted by atomic mass is 9.77. The van der Waals surface area contributed by atoms with E-state index in [-0.39, 0.29) is 11.3 Å². The van der Waals surface area contributed by atoms with Gasteiger partial charge in [0.2, 0.25) is 5.91 Å². The van der Waals surface area contributed by atoms with Crippen molar-refractivity contribution in [3.05, 3.63) is 0 Å². The lowest BCUT2D eigenvalue weighted by molar-refractivity contribution is -0.132. The Morgan fingerprint density at radius 3 is 2.59 bits per heavy atom. The summed E-state index contributed by atoms with van der Waals surface area (Å²) in [4.78, 5) is 22.6. The minimum Gasteiger partial charge on any atom is -0.354 e. The lowest BCUT2D eigenvalue weighted by Gasteiger charge is -2.35. The Morgan fingerprint density at radius 2 is 2.06 bits per heavy atom. The van der Waals surface area contributed by atoms with E-state index in [9.17, 15) is 9.59 Å². The molecule has 0 spiro atoms. The van der Waals surface area contributed by atoms with Crippen LogP contribution >= 0.6 is 0 Å². The summed E-state index contributed by atoms with van der Waals surface area (Å²) in [5, 5.41) is 8.56. The maximum absolute atomic E-state index is 12.1. The topological polar surface area (TPSA) is 96.2 Å². The zero-order valence-corrected chi connectivity index (χ0v) is 10.3. The predicted molar refractivity (Wildman–Crippen MR) is 65.4 cm³/mol. The van der Waals surface area contributed by atoms with Crippen molar-refractivity contribution in [2.75, 3.05) is 26.2 Å². The molecular weight excluding hydrogens is 220 g/mol. The van der Waals surface area contributed by atoms with Gasteiger partial charge in [-0.2, -0.15) is 0 Å². The Morgan fingerprint density at radius 1 is 1.35 bits per heavy atom. The second-order valence-electron chi connectivity index (χ2n) is 4.46. The summed E-state index contributed by atoms with van der Waals surface area (Å²) in [5.74, 6) is 0.0680. The van der Waals surface area contributed by atoms with E-state index in [2.05, 4.69) is 16.0 Å². The van der Waals surface area contributed by atoms with Crippen LogP contribution in [0.15, 0.2) is 0 Å². The molecule has 0 aromatic carbocycles. The SMILES string of the molecule is CCC1(C(=O)NCCNC(N)=O)CCCNC1. The molecule has 1 aliphatic heterocycles. The second kappa shape index (κ2) is 6.44. The minimum atomic E-state index is -0.566. The number of amides is 3. The van der Waals surface area contributed by atoms with Crippen LogP contribution in [0.4, 0.5) is 4.79 Å². The Labute approximate surface area is 102 Å². The van der Waals surface area contributed by atoms with E-state index in [4.69, 9.17) is 5.73 Å². The number of nitrogens with one attached hydrogen (secondary N) is 3. The van der Waals surface area contributed by atoms with Crippen LogP contribution < -0.4 is 21.7 Å². The summed E-state index contributed by atoms with van der Waals surface area (Å²) in [6.45, 7) is 4.54. The molecule has 1 heterocycles. The van der Waals surface area contributed by atoms with E-state index in [1.807, 2.05) is 6.92 Å². The van der Waals surface area contributed by atoms with Gasteiger partial charge in [0.05, 0.1) is 5.41 Å². The van der Waals surface area contributed by atoms with Crippen molar-refractivity contribution in [3.8, 4) is 0 Å².